The number of aliphatic hydroxyl groups excluding tert-OH is 2. The van der Waals surface area contributed by atoms with Gasteiger partial charge in [0.2, 0.25) is 18.5 Å². The van der Waals surface area contributed by atoms with Crippen molar-refractivity contribution in [2.24, 2.45) is 22.9 Å². The van der Waals surface area contributed by atoms with E-state index < -0.39 is 22.7 Å². The zero-order chi connectivity index (χ0) is 55.7. The van der Waals surface area contributed by atoms with Crippen LogP contribution in [0.2, 0.25) is 0 Å². The minimum absolute atomic E-state index is 0.00378. The number of non-ortho nitro benzene ring substituents is 1. The molecule has 1 fully saturated rings. The summed E-state index contributed by atoms with van der Waals surface area (Å²) in [6, 6.07) is 35.6. The van der Waals surface area contributed by atoms with Crippen molar-refractivity contribution in [2.75, 3.05) is 26.6 Å². The Morgan fingerprint density at radius 3 is 2.17 bits per heavy atom. The summed E-state index contributed by atoms with van der Waals surface area (Å²) in [6.07, 6.45) is 18.9. The molecule has 2 heterocycles. The molecule has 2 aliphatic carbocycles. The fourth-order valence-electron chi connectivity index (χ4n) is 12.4. The number of amides is 1. The van der Waals surface area contributed by atoms with Gasteiger partial charge in [0.1, 0.15) is 29.9 Å². The van der Waals surface area contributed by atoms with Gasteiger partial charge in [-0.05, 0) is 126 Å². The maximum atomic E-state index is 15.6. The van der Waals surface area contributed by atoms with E-state index in [9.17, 15) is 20.3 Å². The fraction of sp³-hybridized carbons (Fsp3) is 0.455. The number of unbranched alkanes of at least 4 members (excludes halogenated alkanes) is 10. The number of hydrogen-bond donors (Lipinski definition) is 2. The van der Waals surface area contributed by atoms with Gasteiger partial charge in [0.05, 0.1) is 23.2 Å². The van der Waals surface area contributed by atoms with Crippen LogP contribution >= 0.6 is 0 Å². The number of carbonyl (C=O) groups excluding carboxylic acids is 1. The van der Waals surface area contributed by atoms with E-state index in [-0.39, 0.29) is 75.5 Å². The van der Waals surface area contributed by atoms with Crippen molar-refractivity contribution in [3.8, 4) is 39.9 Å². The van der Waals surface area contributed by atoms with Crippen molar-refractivity contribution in [1.82, 2.24) is 4.90 Å². The summed E-state index contributed by atoms with van der Waals surface area (Å²) in [5, 5.41) is 36.9. The number of nitro groups is 1. The highest BCUT2D eigenvalue weighted by Crippen LogP contribution is 2.62. The van der Waals surface area contributed by atoms with Gasteiger partial charge in [0, 0.05) is 56.2 Å². The first kappa shape index (κ1) is 57.7. The Bertz CT molecular complexity index is 2890. The number of aliphatic hydroxyl groups is 2. The average Bonchev–Trinajstić information content (AvgIpc) is 4.09. The zero-order valence-corrected chi connectivity index (χ0v) is 46.4. The van der Waals surface area contributed by atoms with E-state index in [0.29, 0.717) is 59.3 Å². The maximum absolute atomic E-state index is 15.6. The molecule has 9 rings (SSSR count). The molecule has 0 aromatic heterocycles. The van der Waals surface area contributed by atoms with Crippen LogP contribution in [0.25, 0.3) is 11.1 Å². The first-order valence-corrected chi connectivity index (χ1v) is 29.2. The fourth-order valence-corrected chi connectivity index (χ4v) is 12.4. The van der Waals surface area contributed by atoms with Crippen molar-refractivity contribution >= 4 is 17.3 Å². The van der Waals surface area contributed by atoms with E-state index in [1.807, 2.05) is 65.6 Å². The lowest BCUT2D eigenvalue weighted by molar-refractivity contribution is -0.384. The Balaban J connectivity index is 1.17. The van der Waals surface area contributed by atoms with Gasteiger partial charge < -0.3 is 43.6 Å². The molecular formula is C66H79N3O11. The highest BCUT2D eigenvalue weighted by atomic mass is 16.7. The third kappa shape index (κ3) is 13.9. The van der Waals surface area contributed by atoms with Crippen LogP contribution in [0.15, 0.2) is 145 Å². The predicted octanol–water partition coefficient (Wildman–Crippen LogP) is 14.6. The molecule has 14 nitrogen and oxygen atoms in total. The first-order chi connectivity index (χ1) is 39.2. The van der Waals surface area contributed by atoms with Crippen molar-refractivity contribution in [3.63, 3.8) is 0 Å². The third-order valence-electron chi connectivity index (χ3n) is 16.4. The quantitative estimate of drug-likeness (QED) is 0.0187. The van der Waals surface area contributed by atoms with Crippen LogP contribution in [0.5, 0.6) is 28.7 Å². The van der Waals surface area contributed by atoms with Crippen LogP contribution in [0.1, 0.15) is 139 Å². The van der Waals surface area contributed by atoms with Crippen LogP contribution in [0, 0.1) is 27.9 Å². The second-order valence-electron chi connectivity index (χ2n) is 21.7. The summed E-state index contributed by atoms with van der Waals surface area (Å²) in [4.78, 5) is 35.0. The Labute approximate surface area is 471 Å². The number of nitrogens with zero attached hydrogens (tertiary/aromatic N) is 3. The SMILES string of the molecule is C=CCOC12Oc3ccc(Oc4ccc(-c5ccccc5)cc4)cc3C3C(CCCCO)C(CCCCO)C=C(C(=NOCc4ccc([N+](=O)[O-])cc4)CC1N(Cc1ccc4c(c1)OCO4)C(=O)CCCCCCCCCCC)C32. The molecule has 2 N–H and O–H groups in total. The third-order valence-corrected chi connectivity index (χ3v) is 16.4. The van der Waals surface area contributed by atoms with E-state index in [1.54, 1.807) is 18.2 Å². The maximum Gasteiger partial charge on any atom is 0.269 e. The summed E-state index contributed by atoms with van der Waals surface area (Å²) < 4.78 is 33.3. The smallest absolute Gasteiger partial charge is 0.269 e. The summed E-state index contributed by atoms with van der Waals surface area (Å²) >= 11 is 0. The standard InChI is InChI=1S/C66H79N3O11/c1-3-5-6-7-8-9-10-11-15-24-63(72)68(44-48-27-35-60-61(40-48)76-46-75-60)62-43-58(67-78-45-47-25-30-52(31-26-47)69(73)74)56-41-51(22-16-18-37-70)55(23-17-19-38-71)64-57-42-54(34-36-59(57)80-66(62,65(56)64)77-39-4-2)79-53-32-28-50(29-33-53)49-20-13-12-14-21-49/h4,12-14,20-21,25-36,40-42,51,55,62,64-65,70-71H,2-3,5-11,15-19,22-24,37-39,43-46H2,1H3. The molecule has 6 atom stereocenters. The number of hydrogen-bond acceptors (Lipinski definition) is 12. The molecule has 1 amide bonds. The number of fused-ring (bicyclic) bond motifs is 3. The van der Waals surface area contributed by atoms with E-state index in [4.69, 9.17) is 33.7 Å². The molecular weight excluding hydrogens is 1010 g/mol. The van der Waals surface area contributed by atoms with Crippen molar-refractivity contribution in [3.05, 3.63) is 166 Å². The molecule has 0 bridgehead atoms. The van der Waals surface area contributed by atoms with E-state index in [0.717, 1.165) is 79.2 Å². The molecule has 2 aliphatic heterocycles. The van der Waals surface area contributed by atoms with Crippen LogP contribution in [-0.2, 0) is 27.5 Å². The van der Waals surface area contributed by atoms with Gasteiger partial charge in [-0.15, -0.1) is 6.58 Å². The van der Waals surface area contributed by atoms with Crippen LogP contribution < -0.4 is 18.9 Å². The molecule has 0 saturated heterocycles. The predicted molar refractivity (Wildman–Crippen MR) is 310 cm³/mol. The number of ether oxygens (including phenoxy) is 5. The first-order valence-electron chi connectivity index (χ1n) is 29.2. The lowest BCUT2D eigenvalue weighted by Gasteiger charge is -2.60. The summed E-state index contributed by atoms with van der Waals surface area (Å²) in [6.45, 7) is 6.98. The summed E-state index contributed by atoms with van der Waals surface area (Å²) in [5.41, 5.74) is 6.20. The van der Waals surface area contributed by atoms with E-state index >= 15 is 4.79 Å². The normalized spacial score (nSPS) is 21.0. The Kier molecular flexibility index (Phi) is 20.5. The number of benzene rings is 5. The van der Waals surface area contributed by atoms with Gasteiger partial charge in [0.15, 0.2) is 11.5 Å². The average molecular weight is 1090 g/mol. The number of carbonyl (C=O) groups is 1. The van der Waals surface area contributed by atoms with Crippen LogP contribution in [0.4, 0.5) is 5.69 Å². The minimum Gasteiger partial charge on any atom is -0.459 e. The Morgan fingerprint density at radius 2 is 1.45 bits per heavy atom. The lowest BCUT2D eigenvalue weighted by Crippen LogP contribution is -2.70. The monoisotopic (exact) mass is 1090 g/mol. The number of allylic oxidation sites excluding steroid dienone is 1. The zero-order valence-electron chi connectivity index (χ0n) is 46.4. The molecule has 14 heteroatoms. The second kappa shape index (κ2) is 28.4. The number of nitro benzene ring substituents is 1. The summed E-state index contributed by atoms with van der Waals surface area (Å²) in [5.74, 6) is 0.823. The molecule has 4 aliphatic rings. The molecule has 424 valence electrons. The molecule has 0 radical (unpaired) electrons. The molecule has 80 heavy (non-hydrogen) atoms. The van der Waals surface area contributed by atoms with Gasteiger partial charge in [-0.3, -0.25) is 14.9 Å². The molecule has 0 spiro atoms. The van der Waals surface area contributed by atoms with Crippen LogP contribution in [0.3, 0.4) is 0 Å². The molecule has 6 unspecified atom stereocenters. The molecule has 5 aromatic rings. The second-order valence-corrected chi connectivity index (χ2v) is 21.7. The van der Waals surface area contributed by atoms with Gasteiger partial charge in [-0.25, -0.2) is 0 Å². The van der Waals surface area contributed by atoms with Gasteiger partial charge in [-0.2, -0.15) is 0 Å². The number of oxime groups is 1. The largest absolute Gasteiger partial charge is 0.459 e. The van der Waals surface area contributed by atoms with Crippen molar-refractivity contribution in [1.29, 1.82) is 0 Å². The highest BCUT2D eigenvalue weighted by molar-refractivity contribution is 6.03. The topological polar surface area (TPSA) is 172 Å². The lowest BCUT2D eigenvalue weighted by atomic mass is 9.55. The van der Waals surface area contributed by atoms with E-state index in [1.165, 1.54) is 44.2 Å². The Hall–Kier alpha value is -7.00. The van der Waals surface area contributed by atoms with Crippen molar-refractivity contribution < 1.29 is 48.5 Å². The molecule has 1 saturated carbocycles. The van der Waals surface area contributed by atoms with E-state index in [2.05, 4.69) is 49.9 Å². The molecule has 5 aromatic carbocycles. The Morgan fingerprint density at radius 1 is 0.775 bits per heavy atom. The summed E-state index contributed by atoms with van der Waals surface area (Å²) in [7, 11) is 0. The van der Waals surface area contributed by atoms with Gasteiger partial charge in [-0.1, -0.05) is 137 Å². The van der Waals surface area contributed by atoms with Gasteiger partial charge in [0.25, 0.3) is 5.69 Å². The van der Waals surface area contributed by atoms with Crippen molar-refractivity contribution in [2.45, 2.75) is 147 Å². The minimum atomic E-state index is -1.49. The van der Waals surface area contributed by atoms with Crippen LogP contribution in [-0.4, -0.2) is 70.1 Å². The highest BCUT2D eigenvalue weighted by Gasteiger charge is 2.65. The number of rotatable bonds is 31. The van der Waals surface area contributed by atoms with Gasteiger partial charge >= 0.3 is 0 Å².